The van der Waals surface area contributed by atoms with Crippen molar-refractivity contribution in [2.24, 2.45) is 0 Å². The fourth-order valence-corrected chi connectivity index (χ4v) is 5.68. The molecule has 4 aromatic carbocycles. The standard InChI is InChI=1S/C32H27ClFNO5S/c1-19(20-5-11-25(34)12-6-20)40-31(38)35-41-29-18-24(33)10-14-27(29)22-7-13-26(28(17-22)39-2)21-3-8-23(9-4-21)32(15-16-32)30(36)37/h3-14,17-19H,15-16H2,1-2H3,(H,35,38)(H,36,37)/t19-/m1/s1. The highest BCUT2D eigenvalue weighted by atomic mass is 35.5. The maximum atomic E-state index is 13.2. The minimum Gasteiger partial charge on any atom is -0.496 e. The molecule has 0 bridgehead atoms. The molecule has 210 valence electrons. The van der Waals surface area contributed by atoms with Crippen molar-refractivity contribution in [3.63, 3.8) is 0 Å². The van der Waals surface area contributed by atoms with Crippen LogP contribution in [0.5, 0.6) is 5.75 Å². The first-order valence-electron chi connectivity index (χ1n) is 12.9. The summed E-state index contributed by atoms with van der Waals surface area (Å²) in [6, 6.07) is 24.5. The Balaban J connectivity index is 1.33. The molecule has 1 aliphatic rings. The molecule has 1 atom stereocenters. The number of carboxylic acids is 1. The topological polar surface area (TPSA) is 84.9 Å². The van der Waals surface area contributed by atoms with Gasteiger partial charge >= 0.3 is 12.1 Å². The number of carboxylic acid groups (broad SMARTS) is 1. The average molecular weight is 592 g/mol. The monoisotopic (exact) mass is 591 g/mol. The van der Waals surface area contributed by atoms with Crippen LogP contribution in [0, 0.1) is 5.82 Å². The summed E-state index contributed by atoms with van der Waals surface area (Å²) in [6.07, 6.45) is 0.0898. The zero-order chi connectivity index (χ0) is 29.1. The third-order valence-corrected chi connectivity index (χ3v) is 8.29. The van der Waals surface area contributed by atoms with Crippen molar-refractivity contribution in [1.29, 1.82) is 0 Å². The van der Waals surface area contributed by atoms with E-state index in [4.69, 9.17) is 21.1 Å². The summed E-state index contributed by atoms with van der Waals surface area (Å²) >= 11 is 7.35. The van der Waals surface area contributed by atoms with E-state index in [2.05, 4.69) is 4.72 Å². The molecule has 0 unspecified atom stereocenters. The van der Waals surface area contributed by atoms with Crippen LogP contribution in [0.4, 0.5) is 9.18 Å². The fraction of sp³-hybridized carbons (Fsp3) is 0.188. The number of aliphatic carboxylic acids is 1. The summed E-state index contributed by atoms with van der Waals surface area (Å²) in [5.41, 5.74) is 4.17. The normalized spacial score (nSPS) is 14.1. The van der Waals surface area contributed by atoms with Gasteiger partial charge in [0.25, 0.3) is 0 Å². The number of benzene rings is 4. The van der Waals surface area contributed by atoms with Crippen molar-refractivity contribution < 1.29 is 28.6 Å². The lowest BCUT2D eigenvalue weighted by Gasteiger charge is -2.16. The number of nitrogens with one attached hydrogen (secondary N) is 1. The molecule has 0 saturated heterocycles. The van der Waals surface area contributed by atoms with Gasteiger partial charge in [-0.25, -0.2) is 9.18 Å². The van der Waals surface area contributed by atoms with Gasteiger partial charge in [0.05, 0.1) is 12.5 Å². The molecule has 6 nitrogen and oxygen atoms in total. The van der Waals surface area contributed by atoms with Crippen molar-refractivity contribution in [3.8, 4) is 28.0 Å². The molecule has 41 heavy (non-hydrogen) atoms. The third-order valence-electron chi connectivity index (χ3n) is 7.23. The van der Waals surface area contributed by atoms with Crippen LogP contribution in [0.3, 0.4) is 0 Å². The van der Waals surface area contributed by atoms with Crippen molar-refractivity contribution >= 4 is 35.6 Å². The Morgan fingerprint density at radius 2 is 1.61 bits per heavy atom. The number of methoxy groups -OCH3 is 1. The van der Waals surface area contributed by atoms with Gasteiger partial charge in [-0.2, -0.15) is 0 Å². The summed E-state index contributed by atoms with van der Waals surface area (Å²) in [5, 5.41) is 10.1. The van der Waals surface area contributed by atoms with Gasteiger partial charge in [-0.15, -0.1) is 0 Å². The van der Waals surface area contributed by atoms with Gasteiger partial charge in [0.2, 0.25) is 0 Å². The number of hydrogen-bond acceptors (Lipinski definition) is 5. The summed E-state index contributed by atoms with van der Waals surface area (Å²) in [4.78, 5) is 24.9. The van der Waals surface area contributed by atoms with Gasteiger partial charge in [0, 0.05) is 15.5 Å². The quantitative estimate of drug-likeness (QED) is 0.190. The average Bonchev–Trinajstić information content (AvgIpc) is 3.79. The van der Waals surface area contributed by atoms with Crippen LogP contribution in [0.25, 0.3) is 22.3 Å². The van der Waals surface area contributed by atoms with Gasteiger partial charge < -0.3 is 14.6 Å². The molecule has 0 radical (unpaired) electrons. The lowest BCUT2D eigenvalue weighted by molar-refractivity contribution is -0.140. The molecule has 0 spiro atoms. The number of carbonyl (C=O) groups excluding carboxylic acids is 1. The highest BCUT2D eigenvalue weighted by Gasteiger charge is 2.51. The molecule has 1 amide bonds. The smallest absolute Gasteiger partial charge is 0.418 e. The number of amides is 1. The van der Waals surface area contributed by atoms with E-state index in [-0.39, 0.29) is 5.82 Å². The Bertz CT molecular complexity index is 1590. The molecular weight excluding hydrogens is 565 g/mol. The van der Waals surface area contributed by atoms with Gasteiger partial charge in [-0.05, 0) is 89.9 Å². The molecule has 1 fully saturated rings. The van der Waals surface area contributed by atoms with Crippen molar-refractivity contribution in [2.75, 3.05) is 7.11 Å². The third kappa shape index (κ3) is 6.19. The Morgan fingerprint density at radius 1 is 0.951 bits per heavy atom. The molecule has 4 aromatic rings. The van der Waals surface area contributed by atoms with Crippen LogP contribution in [-0.4, -0.2) is 24.3 Å². The molecule has 0 aromatic heterocycles. The van der Waals surface area contributed by atoms with E-state index in [0.717, 1.165) is 39.8 Å². The van der Waals surface area contributed by atoms with Crippen molar-refractivity contribution in [1.82, 2.24) is 4.72 Å². The van der Waals surface area contributed by atoms with Gasteiger partial charge in [-0.1, -0.05) is 66.2 Å². The van der Waals surface area contributed by atoms with E-state index in [1.807, 2.05) is 48.5 Å². The van der Waals surface area contributed by atoms with E-state index in [1.54, 1.807) is 38.3 Å². The highest BCUT2D eigenvalue weighted by Crippen LogP contribution is 2.49. The first-order chi connectivity index (χ1) is 19.7. The second-order valence-electron chi connectivity index (χ2n) is 9.82. The van der Waals surface area contributed by atoms with E-state index >= 15 is 0 Å². The molecular formula is C32H27ClFNO5S. The first-order valence-corrected chi connectivity index (χ1v) is 14.1. The van der Waals surface area contributed by atoms with Crippen LogP contribution in [0.15, 0.2) is 89.8 Å². The predicted molar refractivity (Wildman–Crippen MR) is 158 cm³/mol. The molecule has 9 heteroatoms. The predicted octanol–water partition coefficient (Wildman–Crippen LogP) is 8.43. The molecule has 0 heterocycles. The van der Waals surface area contributed by atoms with Crippen molar-refractivity contribution in [3.05, 3.63) is 107 Å². The molecule has 0 aliphatic heterocycles. The zero-order valence-electron chi connectivity index (χ0n) is 22.3. The Kier molecular flexibility index (Phi) is 8.24. The number of carbonyl (C=O) groups is 2. The SMILES string of the molecule is COc1cc(-c2ccc(Cl)cc2SNC(=O)O[C@H](C)c2ccc(F)cc2)ccc1-c1ccc(C2(C(=O)O)CC2)cc1. The second-order valence-corrected chi connectivity index (χ2v) is 11.1. The first kappa shape index (κ1) is 28.5. The van der Waals surface area contributed by atoms with Gasteiger partial charge in [-0.3, -0.25) is 9.52 Å². The summed E-state index contributed by atoms with van der Waals surface area (Å²) in [6.45, 7) is 1.71. The zero-order valence-corrected chi connectivity index (χ0v) is 23.9. The van der Waals surface area contributed by atoms with E-state index in [1.165, 1.54) is 12.1 Å². The van der Waals surface area contributed by atoms with Crippen LogP contribution in [0.2, 0.25) is 5.02 Å². The van der Waals surface area contributed by atoms with Gasteiger partial charge in [0.15, 0.2) is 0 Å². The highest BCUT2D eigenvalue weighted by molar-refractivity contribution is 7.98. The van der Waals surface area contributed by atoms with Crippen LogP contribution in [0.1, 0.15) is 37.0 Å². The Hall–Kier alpha value is -4.01. The van der Waals surface area contributed by atoms with Gasteiger partial charge in [0.1, 0.15) is 17.7 Å². The molecule has 1 aliphatic carbocycles. The minimum absolute atomic E-state index is 0.362. The molecule has 1 saturated carbocycles. The lowest BCUT2D eigenvalue weighted by Crippen LogP contribution is -2.19. The summed E-state index contributed by atoms with van der Waals surface area (Å²) < 4.78 is 27.1. The van der Waals surface area contributed by atoms with Crippen molar-refractivity contribution in [2.45, 2.75) is 36.2 Å². The number of halogens is 2. The number of ether oxygens (including phenoxy) is 2. The summed E-state index contributed by atoms with van der Waals surface area (Å²) in [7, 11) is 1.60. The number of rotatable bonds is 9. The minimum atomic E-state index is -0.783. The molecule has 5 rings (SSSR count). The van der Waals surface area contributed by atoms with E-state index in [0.29, 0.717) is 34.1 Å². The largest absolute Gasteiger partial charge is 0.496 e. The van der Waals surface area contributed by atoms with Crippen LogP contribution < -0.4 is 9.46 Å². The number of hydrogen-bond donors (Lipinski definition) is 2. The maximum Gasteiger partial charge on any atom is 0.418 e. The maximum absolute atomic E-state index is 13.2. The Labute approximate surface area is 246 Å². The van der Waals surface area contributed by atoms with E-state index in [9.17, 15) is 19.1 Å². The molecule has 2 N–H and O–H groups in total. The van der Waals surface area contributed by atoms with Crippen LogP contribution in [-0.2, 0) is 14.9 Å². The summed E-state index contributed by atoms with van der Waals surface area (Å²) in [5.74, 6) is -0.505. The van der Waals surface area contributed by atoms with E-state index < -0.39 is 23.6 Å². The Morgan fingerprint density at radius 3 is 2.24 bits per heavy atom. The lowest BCUT2D eigenvalue weighted by atomic mass is 9.93. The van der Waals surface area contributed by atoms with Crippen LogP contribution >= 0.6 is 23.5 Å². The second kappa shape index (κ2) is 11.8. The fourth-order valence-electron chi connectivity index (χ4n) is 4.72.